The number of nitrogens with zero attached hydrogens (tertiary/aromatic N) is 2. The Kier molecular flexibility index (Phi) is 3.61. The Bertz CT molecular complexity index is 596. The van der Waals surface area contributed by atoms with Gasteiger partial charge in [0.2, 0.25) is 10.0 Å². The van der Waals surface area contributed by atoms with Gasteiger partial charge < -0.3 is 0 Å². The molecule has 0 radical (unpaired) electrons. The quantitative estimate of drug-likeness (QED) is 0.888. The molecule has 0 amide bonds. The SMILES string of the molecule is CC(C)C1(CNS(=O)(=O)c2ccc(C#N)nc2)CC1. The molecule has 0 atom stereocenters. The average Bonchev–Trinajstić information content (AvgIpc) is 3.18. The van der Waals surface area contributed by atoms with Crippen LogP contribution < -0.4 is 4.72 Å². The number of rotatable bonds is 5. The summed E-state index contributed by atoms with van der Waals surface area (Å²) in [5.41, 5.74) is 0.326. The van der Waals surface area contributed by atoms with Gasteiger partial charge in [0.1, 0.15) is 16.7 Å². The lowest BCUT2D eigenvalue weighted by Gasteiger charge is -2.19. The first-order valence-corrected chi connectivity index (χ1v) is 7.74. The Morgan fingerprint density at radius 2 is 2.16 bits per heavy atom. The van der Waals surface area contributed by atoms with Gasteiger partial charge in [-0.15, -0.1) is 0 Å². The molecular formula is C13H17N3O2S. The van der Waals surface area contributed by atoms with Gasteiger partial charge in [-0.2, -0.15) is 5.26 Å². The Morgan fingerprint density at radius 1 is 1.47 bits per heavy atom. The lowest BCUT2D eigenvalue weighted by atomic mass is 9.93. The first-order valence-electron chi connectivity index (χ1n) is 6.25. The Balaban J connectivity index is 2.08. The van der Waals surface area contributed by atoms with Gasteiger partial charge in [0.25, 0.3) is 0 Å². The predicted molar refractivity (Wildman–Crippen MR) is 70.6 cm³/mol. The molecule has 0 spiro atoms. The van der Waals surface area contributed by atoms with Crippen molar-refractivity contribution >= 4 is 10.0 Å². The summed E-state index contributed by atoms with van der Waals surface area (Å²) in [6, 6.07) is 4.67. The molecule has 5 nitrogen and oxygen atoms in total. The molecule has 2 rings (SSSR count). The summed E-state index contributed by atoms with van der Waals surface area (Å²) in [5, 5.41) is 8.63. The van der Waals surface area contributed by atoms with E-state index in [2.05, 4.69) is 23.6 Å². The number of hydrogen-bond donors (Lipinski definition) is 1. The first kappa shape index (κ1) is 14.0. The fourth-order valence-electron chi connectivity index (χ4n) is 2.05. The fraction of sp³-hybridized carbons (Fsp3) is 0.538. The van der Waals surface area contributed by atoms with E-state index in [4.69, 9.17) is 5.26 Å². The van der Waals surface area contributed by atoms with Crippen molar-refractivity contribution in [1.29, 1.82) is 5.26 Å². The van der Waals surface area contributed by atoms with E-state index in [1.807, 2.05) is 6.07 Å². The predicted octanol–water partition coefficient (Wildman–Crippen LogP) is 1.67. The number of aromatic nitrogens is 1. The molecule has 1 aromatic heterocycles. The summed E-state index contributed by atoms with van der Waals surface area (Å²) >= 11 is 0. The summed E-state index contributed by atoms with van der Waals surface area (Å²) in [6.07, 6.45) is 3.35. The molecule has 1 N–H and O–H groups in total. The van der Waals surface area contributed by atoms with Crippen LogP contribution in [0, 0.1) is 22.7 Å². The topological polar surface area (TPSA) is 82.9 Å². The normalized spacial score (nSPS) is 17.2. The Hall–Kier alpha value is -1.45. The molecule has 0 unspecified atom stereocenters. The third-order valence-electron chi connectivity index (χ3n) is 3.89. The zero-order valence-electron chi connectivity index (χ0n) is 11.0. The molecule has 0 aromatic carbocycles. The van der Waals surface area contributed by atoms with Gasteiger partial charge in [-0.3, -0.25) is 0 Å². The van der Waals surface area contributed by atoms with Crippen molar-refractivity contribution in [2.24, 2.45) is 11.3 Å². The monoisotopic (exact) mass is 279 g/mol. The van der Waals surface area contributed by atoms with E-state index in [9.17, 15) is 8.42 Å². The summed E-state index contributed by atoms with van der Waals surface area (Å²) in [5.74, 6) is 0.467. The van der Waals surface area contributed by atoms with Crippen molar-refractivity contribution in [2.45, 2.75) is 31.6 Å². The maximum atomic E-state index is 12.1. The first-order chi connectivity index (χ1) is 8.89. The molecule has 0 bridgehead atoms. The molecule has 102 valence electrons. The zero-order chi connectivity index (χ0) is 14.1. The van der Waals surface area contributed by atoms with Gasteiger partial charge in [-0.05, 0) is 36.3 Å². The number of nitrogens with one attached hydrogen (secondary N) is 1. The van der Waals surface area contributed by atoms with Crippen LogP contribution in [-0.4, -0.2) is 19.9 Å². The third-order valence-corrected chi connectivity index (χ3v) is 5.28. The smallest absolute Gasteiger partial charge is 0.242 e. The van der Waals surface area contributed by atoms with Gasteiger partial charge >= 0.3 is 0 Å². The molecule has 0 aliphatic heterocycles. The average molecular weight is 279 g/mol. The van der Waals surface area contributed by atoms with Crippen molar-refractivity contribution in [3.8, 4) is 6.07 Å². The van der Waals surface area contributed by atoms with Crippen LogP contribution in [0.2, 0.25) is 0 Å². The van der Waals surface area contributed by atoms with Gasteiger partial charge in [0.05, 0.1) is 0 Å². The second-order valence-corrected chi connectivity index (χ2v) is 7.10. The summed E-state index contributed by atoms with van der Waals surface area (Å²) in [6.45, 7) is 4.70. The number of nitriles is 1. The summed E-state index contributed by atoms with van der Waals surface area (Å²) in [7, 11) is -3.53. The Labute approximate surface area is 113 Å². The molecule has 1 aliphatic rings. The minimum atomic E-state index is -3.53. The molecule has 1 aliphatic carbocycles. The van der Waals surface area contributed by atoms with E-state index in [0.29, 0.717) is 12.5 Å². The summed E-state index contributed by atoms with van der Waals surface area (Å²) in [4.78, 5) is 3.88. The van der Waals surface area contributed by atoms with Crippen LogP contribution in [0.1, 0.15) is 32.4 Å². The van der Waals surface area contributed by atoms with Crippen LogP contribution >= 0.6 is 0 Å². The number of sulfonamides is 1. The highest BCUT2D eigenvalue weighted by molar-refractivity contribution is 7.89. The zero-order valence-corrected chi connectivity index (χ0v) is 11.9. The van der Waals surface area contributed by atoms with E-state index in [1.54, 1.807) is 0 Å². The van der Waals surface area contributed by atoms with Crippen LogP contribution in [0.4, 0.5) is 0 Å². The minimum Gasteiger partial charge on any atom is -0.244 e. The third kappa shape index (κ3) is 2.94. The van der Waals surface area contributed by atoms with Crippen LogP contribution in [0.3, 0.4) is 0 Å². The van der Waals surface area contributed by atoms with E-state index in [0.717, 1.165) is 12.8 Å². The molecule has 1 aromatic rings. The molecule has 1 fully saturated rings. The van der Waals surface area contributed by atoms with Crippen molar-refractivity contribution in [1.82, 2.24) is 9.71 Å². The van der Waals surface area contributed by atoms with Gasteiger partial charge in [-0.25, -0.2) is 18.1 Å². The lowest BCUT2D eigenvalue weighted by molar-refractivity contribution is 0.357. The maximum absolute atomic E-state index is 12.1. The van der Waals surface area contributed by atoms with E-state index in [-0.39, 0.29) is 16.0 Å². The van der Waals surface area contributed by atoms with Gasteiger partial charge in [0.15, 0.2) is 0 Å². The molecule has 1 saturated carbocycles. The number of pyridine rings is 1. The largest absolute Gasteiger partial charge is 0.244 e. The van der Waals surface area contributed by atoms with Crippen molar-refractivity contribution in [2.75, 3.05) is 6.54 Å². The molecule has 19 heavy (non-hydrogen) atoms. The van der Waals surface area contributed by atoms with Crippen molar-refractivity contribution < 1.29 is 8.42 Å². The molecule has 0 saturated heterocycles. The number of hydrogen-bond acceptors (Lipinski definition) is 4. The molecular weight excluding hydrogens is 262 g/mol. The van der Waals surface area contributed by atoms with Crippen LogP contribution in [0.25, 0.3) is 0 Å². The van der Waals surface area contributed by atoms with Crippen LogP contribution in [0.15, 0.2) is 23.2 Å². The standard InChI is InChI=1S/C13H17N3O2S/c1-10(2)13(5-6-13)9-16-19(17,18)12-4-3-11(7-14)15-8-12/h3-4,8,10,16H,5-6,9H2,1-2H3. The lowest BCUT2D eigenvalue weighted by Crippen LogP contribution is -2.32. The van der Waals surface area contributed by atoms with Crippen LogP contribution in [0.5, 0.6) is 0 Å². The van der Waals surface area contributed by atoms with E-state index >= 15 is 0 Å². The summed E-state index contributed by atoms with van der Waals surface area (Å²) < 4.78 is 26.8. The highest BCUT2D eigenvalue weighted by Gasteiger charge is 2.45. The fourth-order valence-corrected chi connectivity index (χ4v) is 3.13. The second-order valence-electron chi connectivity index (χ2n) is 5.33. The van der Waals surface area contributed by atoms with Crippen molar-refractivity contribution in [3.05, 3.63) is 24.0 Å². The second kappa shape index (κ2) is 4.91. The maximum Gasteiger partial charge on any atom is 0.242 e. The van der Waals surface area contributed by atoms with E-state index < -0.39 is 10.0 Å². The molecule has 1 heterocycles. The minimum absolute atomic E-state index is 0.103. The molecule has 6 heteroatoms. The highest BCUT2D eigenvalue weighted by Crippen LogP contribution is 2.51. The highest BCUT2D eigenvalue weighted by atomic mass is 32.2. The van der Waals surface area contributed by atoms with Gasteiger partial charge in [0, 0.05) is 12.7 Å². The Morgan fingerprint density at radius 3 is 2.58 bits per heavy atom. The van der Waals surface area contributed by atoms with Gasteiger partial charge in [-0.1, -0.05) is 13.8 Å². The van der Waals surface area contributed by atoms with Crippen molar-refractivity contribution in [3.63, 3.8) is 0 Å². The van der Waals surface area contributed by atoms with Crippen LogP contribution in [-0.2, 0) is 10.0 Å². The van der Waals surface area contributed by atoms with E-state index in [1.165, 1.54) is 18.3 Å².